The maximum atomic E-state index is 12.7. The highest BCUT2D eigenvalue weighted by molar-refractivity contribution is 5.77. The van der Waals surface area contributed by atoms with Gasteiger partial charge in [-0.1, -0.05) is 43.7 Å². The van der Waals surface area contributed by atoms with Gasteiger partial charge in [-0.3, -0.25) is 4.79 Å². The Hall–Kier alpha value is -2.03. The van der Waals surface area contributed by atoms with E-state index >= 15 is 0 Å². The molecule has 3 heteroatoms. The summed E-state index contributed by atoms with van der Waals surface area (Å²) in [5, 5.41) is 0. The molecule has 1 aliphatic rings. The fourth-order valence-electron chi connectivity index (χ4n) is 3.31. The van der Waals surface area contributed by atoms with Gasteiger partial charge in [0.1, 0.15) is 0 Å². The predicted molar refractivity (Wildman–Crippen MR) is 88.6 cm³/mol. The highest BCUT2D eigenvalue weighted by Crippen LogP contribution is 2.33. The van der Waals surface area contributed by atoms with Gasteiger partial charge in [-0.2, -0.15) is 0 Å². The number of aromatic nitrogens is 1. The molecular weight excluding hydrogens is 272 g/mol. The molecular formula is C19H24N2O. The summed E-state index contributed by atoms with van der Waals surface area (Å²) >= 11 is 0. The van der Waals surface area contributed by atoms with Crippen molar-refractivity contribution in [1.82, 2.24) is 9.47 Å². The average Bonchev–Trinajstić information content (AvgIpc) is 2.93. The molecule has 1 aromatic carbocycles. The Kier molecular flexibility index (Phi) is 4.06. The van der Waals surface area contributed by atoms with Crippen molar-refractivity contribution in [2.75, 3.05) is 6.54 Å². The summed E-state index contributed by atoms with van der Waals surface area (Å²) in [6.07, 6.45) is 2.73. The first-order valence-corrected chi connectivity index (χ1v) is 8.07. The molecule has 0 saturated carbocycles. The molecule has 1 aromatic heterocycles. The number of benzene rings is 1. The topological polar surface area (TPSA) is 25.2 Å². The van der Waals surface area contributed by atoms with Gasteiger partial charge in [0.15, 0.2) is 0 Å². The molecule has 3 nitrogen and oxygen atoms in total. The van der Waals surface area contributed by atoms with Crippen LogP contribution in [0.15, 0.2) is 42.6 Å². The number of amides is 1. The Bertz CT molecular complexity index is 672. The lowest BCUT2D eigenvalue weighted by Gasteiger charge is -2.38. The summed E-state index contributed by atoms with van der Waals surface area (Å²) in [5.74, 6) is 0.647. The van der Waals surface area contributed by atoms with Crippen LogP contribution in [0, 0.1) is 12.8 Å². The van der Waals surface area contributed by atoms with Crippen molar-refractivity contribution in [1.29, 1.82) is 0 Å². The molecule has 2 heterocycles. The molecule has 2 aromatic rings. The second kappa shape index (κ2) is 5.99. The van der Waals surface area contributed by atoms with Crippen molar-refractivity contribution >= 4 is 5.91 Å². The van der Waals surface area contributed by atoms with Crippen LogP contribution in [0.4, 0.5) is 0 Å². The number of hydrogen-bond acceptors (Lipinski definition) is 1. The lowest BCUT2D eigenvalue weighted by atomic mass is 9.97. The molecule has 3 rings (SSSR count). The van der Waals surface area contributed by atoms with E-state index in [4.69, 9.17) is 0 Å². The van der Waals surface area contributed by atoms with Crippen LogP contribution < -0.4 is 0 Å². The lowest BCUT2D eigenvalue weighted by molar-refractivity contribution is -0.134. The van der Waals surface area contributed by atoms with Gasteiger partial charge in [0, 0.05) is 31.4 Å². The third-order valence-electron chi connectivity index (χ3n) is 4.30. The standard InChI is InChI=1S/C19H24N2O/c1-14(2)12-18(22)21-11-10-20-9-5-8-17(20)19(21)16-7-4-6-15(3)13-16/h4-9,13-14,19H,10-12H2,1-3H3/t19-/m0/s1. The number of carbonyl (C=O) groups is 1. The second-order valence-corrected chi connectivity index (χ2v) is 6.63. The number of hydrogen-bond donors (Lipinski definition) is 0. The largest absolute Gasteiger partial charge is 0.348 e. The van der Waals surface area contributed by atoms with Crippen molar-refractivity contribution in [2.45, 2.75) is 39.8 Å². The smallest absolute Gasteiger partial charge is 0.223 e. The molecule has 0 spiro atoms. The van der Waals surface area contributed by atoms with Crippen molar-refractivity contribution < 1.29 is 4.79 Å². The van der Waals surface area contributed by atoms with Crippen LogP contribution in [-0.2, 0) is 11.3 Å². The summed E-state index contributed by atoms with van der Waals surface area (Å²) in [4.78, 5) is 14.8. The molecule has 1 aliphatic heterocycles. The minimum absolute atomic E-state index is 0.0369. The van der Waals surface area contributed by atoms with E-state index in [1.807, 2.05) is 0 Å². The fraction of sp³-hybridized carbons (Fsp3) is 0.421. The normalized spacial score (nSPS) is 17.6. The van der Waals surface area contributed by atoms with Gasteiger partial charge < -0.3 is 9.47 Å². The zero-order valence-corrected chi connectivity index (χ0v) is 13.6. The summed E-state index contributed by atoms with van der Waals surface area (Å²) in [5.41, 5.74) is 3.66. The van der Waals surface area contributed by atoms with Crippen LogP contribution in [0.25, 0.3) is 0 Å². The van der Waals surface area contributed by atoms with Crippen LogP contribution in [-0.4, -0.2) is 21.9 Å². The van der Waals surface area contributed by atoms with Crippen molar-refractivity contribution in [2.24, 2.45) is 5.92 Å². The molecule has 0 saturated heterocycles. The van der Waals surface area contributed by atoms with Gasteiger partial charge in [0.05, 0.1) is 6.04 Å². The number of nitrogens with zero attached hydrogens (tertiary/aromatic N) is 2. The van der Waals surface area contributed by atoms with E-state index in [0.29, 0.717) is 12.3 Å². The number of fused-ring (bicyclic) bond motifs is 1. The zero-order chi connectivity index (χ0) is 15.7. The summed E-state index contributed by atoms with van der Waals surface area (Å²) in [6, 6.07) is 12.8. The number of aryl methyl sites for hydroxylation is 1. The van der Waals surface area contributed by atoms with E-state index in [0.717, 1.165) is 13.1 Å². The maximum Gasteiger partial charge on any atom is 0.223 e. The Morgan fingerprint density at radius 1 is 1.23 bits per heavy atom. The average molecular weight is 296 g/mol. The predicted octanol–water partition coefficient (Wildman–Crippen LogP) is 3.77. The third kappa shape index (κ3) is 2.80. The minimum atomic E-state index is 0.0369. The third-order valence-corrected chi connectivity index (χ3v) is 4.30. The van der Waals surface area contributed by atoms with E-state index in [1.165, 1.54) is 16.8 Å². The Morgan fingerprint density at radius 2 is 2.05 bits per heavy atom. The Balaban J connectivity index is 2.01. The van der Waals surface area contributed by atoms with Crippen LogP contribution in [0.5, 0.6) is 0 Å². The first-order chi connectivity index (χ1) is 10.6. The van der Waals surface area contributed by atoms with E-state index < -0.39 is 0 Å². The molecule has 0 unspecified atom stereocenters. The molecule has 1 atom stereocenters. The first-order valence-electron chi connectivity index (χ1n) is 8.07. The molecule has 0 bridgehead atoms. The Labute approximate surface area is 132 Å². The fourth-order valence-corrected chi connectivity index (χ4v) is 3.31. The Morgan fingerprint density at radius 3 is 2.77 bits per heavy atom. The van der Waals surface area contributed by atoms with E-state index in [9.17, 15) is 4.79 Å². The van der Waals surface area contributed by atoms with Crippen molar-refractivity contribution in [3.8, 4) is 0 Å². The molecule has 22 heavy (non-hydrogen) atoms. The lowest BCUT2D eigenvalue weighted by Crippen LogP contribution is -2.42. The SMILES string of the molecule is Cc1cccc([C@H]2c3cccn3CCN2C(=O)CC(C)C)c1. The van der Waals surface area contributed by atoms with Gasteiger partial charge in [-0.25, -0.2) is 0 Å². The molecule has 0 fully saturated rings. The zero-order valence-electron chi connectivity index (χ0n) is 13.6. The van der Waals surface area contributed by atoms with E-state index in [2.05, 4.69) is 72.8 Å². The van der Waals surface area contributed by atoms with Crippen LogP contribution >= 0.6 is 0 Å². The quantitative estimate of drug-likeness (QED) is 0.846. The van der Waals surface area contributed by atoms with Gasteiger partial charge in [0.2, 0.25) is 5.91 Å². The number of carbonyl (C=O) groups excluding carboxylic acids is 1. The van der Waals surface area contributed by atoms with Gasteiger partial charge in [-0.15, -0.1) is 0 Å². The summed E-state index contributed by atoms with van der Waals surface area (Å²) in [7, 11) is 0. The van der Waals surface area contributed by atoms with E-state index in [-0.39, 0.29) is 11.9 Å². The second-order valence-electron chi connectivity index (χ2n) is 6.63. The molecule has 1 amide bonds. The highest BCUT2D eigenvalue weighted by atomic mass is 16.2. The van der Waals surface area contributed by atoms with Crippen LogP contribution in [0.3, 0.4) is 0 Å². The molecule has 0 radical (unpaired) electrons. The summed E-state index contributed by atoms with van der Waals surface area (Å²) in [6.45, 7) is 7.98. The van der Waals surface area contributed by atoms with Crippen LogP contribution in [0.2, 0.25) is 0 Å². The molecule has 0 N–H and O–H groups in total. The van der Waals surface area contributed by atoms with Crippen molar-refractivity contribution in [3.63, 3.8) is 0 Å². The maximum absolute atomic E-state index is 12.7. The van der Waals surface area contributed by atoms with Gasteiger partial charge in [0.25, 0.3) is 0 Å². The highest BCUT2D eigenvalue weighted by Gasteiger charge is 2.32. The van der Waals surface area contributed by atoms with Crippen LogP contribution in [0.1, 0.15) is 43.1 Å². The van der Waals surface area contributed by atoms with Crippen molar-refractivity contribution in [3.05, 3.63) is 59.4 Å². The van der Waals surface area contributed by atoms with Gasteiger partial charge in [-0.05, 0) is 30.5 Å². The molecule has 0 aliphatic carbocycles. The number of rotatable bonds is 3. The summed E-state index contributed by atoms with van der Waals surface area (Å²) < 4.78 is 2.27. The monoisotopic (exact) mass is 296 g/mol. The van der Waals surface area contributed by atoms with Gasteiger partial charge >= 0.3 is 0 Å². The first kappa shape index (κ1) is 14.9. The van der Waals surface area contributed by atoms with E-state index in [1.54, 1.807) is 0 Å². The minimum Gasteiger partial charge on any atom is -0.348 e. The molecule has 116 valence electrons.